The van der Waals surface area contributed by atoms with E-state index in [4.69, 9.17) is 4.74 Å². The highest BCUT2D eigenvalue weighted by atomic mass is 16.5. The molecule has 1 rings (SSSR count). The van der Waals surface area contributed by atoms with Crippen LogP contribution < -0.4 is 5.32 Å². The fourth-order valence-electron chi connectivity index (χ4n) is 3.29. The molecule has 1 saturated carbocycles. The number of rotatable bonds is 10. The Morgan fingerprint density at radius 2 is 2.00 bits per heavy atom. The highest BCUT2D eigenvalue weighted by Gasteiger charge is 2.25. The summed E-state index contributed by atoms with van der Waals surface area (Å²) in [5, 5.41) is 23.2. The van der Waals surface area contributed by atoms with E-state index in [1.807, 2.05) is 6.92 Å². The maximum atomic E-state index is 10.1. The fraction of sp³-hybridized carbons (Fsp3) is 1.00. The van der Waals surface area contributed by atoms with Crippen LogP contribution >= 0.6 is 0 Å². The summed E-state index contributed by atoms with van der Waals surface area (Å²) in [5.41, 5.74) is -0.688. The van der Waals surface area contributed by atoms with E-state index < -0.39 is 11.7 Å². The number of hydrogen-bond donors (Lipinski definition) is 3. The van der Waals surface area contributed by atoms with Crippen molar-refractivity contribution in [3.8, 4) is 0 Å². The number of aliphatic hydroxyl groups is 2. The first-order valence-electron chi connectivity index (χ1n) is 8.71. The second-order valence-corrected chi connectivity index (χ2v) is 6.86. The van der Waals surface area contributed by atoms with Gasteiger partial charge in [-0.1, -0.05) is 39.5 Å². The molecule has 3 N–H and O–H groups in total. The summed E-state index contributed by atoms with van der Waals surface area (Å²) in [7, 11) is 0. The summed E-state index contributed by atoms with van der Waals surface area (Å²) < 4.78 is 5.93. The van der Waals surface area contributed by atoms with E-state index in [1.165, 1.54) is 25.7 Å². The molecule has 1 aliphatic carbocycles. The lowest BCUT2D eigenvalue weighted by Crippen LogP contribution is -2.42. The zero-order valence-electron chi connectivity index (χ0n) is 14.1. The third kappa shape index (κ3) is 7.59. The minimum absolute atomic E-state index is 0.321. The van der Waals surface area contributed by atoms with E-state index in [1.54, 1.807) is 0 Å². The monoisotopic (exact) mass is 301 g/mol. The molecular weight excluding hydrogens is 266 g/mol. The van der Waals surface area contributed by atoms with Crippen LogP contribution in [-0.2, 0) is 4.74 Å². The van der Waals surface area contributed by atoms with Gasteiger partial charge in [0.15, 0.2) is 0 Å². The Labute approximate surface area is 130 Å². The maximum Gasteiger partial charge on any atom is 0.0897 e. The second-order valence-electron chi connectivity index (χ2n) is 6.86. The Kier molecular flexibility index (Phi) is 8.79. The molecule has 4 heteroatoms. The van der Waals surface area contributed by atoms with Crippen LogP contribution in [0.3, 0.4) is 0 Å². The lowest BCUT2D eigenvalue weighted by atomic mass is 9.85. The molecule has 4 unspecified atom stereocenters. The van der Waals surface area contributed by atoms with Crippen LogP contribution in [0.25, 0.3) is 0 Å². The number of aliphatic hydroxyl groups excluding tert-OH is 1. The summed E-state index contributed by atoms with van der Waals surface area (Å²) in [6, 6.07) is 0. The Hall–Kier alpha value is -0.160. The topological polar surface area (TPSA) is 61.7 Å². The molecule has 1 aliphatic rings. The molecule has 1 fully saturated rings. The van der Waals surface area contributed by atoms with Crippen molar-refractivity contribution in [3.05, 3.63) is 0 Å². The van der Waals surface area contributed by atoms with Gasteiger partial charge in [0.1, 0.15) is 0 Å². The average Bonchev–Trinajstić information content (AvgIpc) is 2.45. The van der Waals surface area contributed by atoms with Crippen molar-refractivity contribution < 1.29 is 14.9 Å². The van der Waals surface area contributed by atoms with E-state index in [9.17, 15) is 10.2 Å². The first-order chi connectivity index (χ1) is 9.98. The highest BCUT2D eigenvalue weighted by Crippen LogP contribution is 2.29. The third-order valence-electron chi connectivity index (χ3n) is 4.54. The molecule has 0 radical (unpaired) electrons. The molecule has 0 saturated heterocycles. The fourth-order valence-corrected chi connectivity index (χ4v) is 3.29. The first kappa shape index (κ1) is 18.9. The maximum absolute atomic E-state index is 10.1. The van der Waals surface area contributed by atoms with Crippen molar-refractivity contribution >= 4 is 0 Å². The molecule has 4 atom stereocenters. The van der Waals surface area contributed by atoms with Gasteiger partial charge in [-0.15, -0.1) is 0 Å². The standard InChI is InChI=1S/C17H35NO3/c1-4-10-17(3,20)13-18-11-15(19)12-21-16-9-7-6-8-14(16)5-2/h14-16,18-20H,4-13H2,1-3H3. The first-order valence-corrected chi connectivity index (χ1v) is 8.71. The largest absolute Gasteiger partial charge is 0.389 e. The minimum atomic E-state index is -0.688. The summed E-state index contributed by atoms with van der Waals surface area (Å²) in [5.74, 6) is 0.657. The molecule has 0 aliphatic heterocycles. The molecule has 126 valence electrons. The third-order valence-corrected chi connectivity index (χ3v) is 4.54. The van der Waals surface area contributed by atoms with Gasteiger partial charge in [-0.25, -0.2) is 0 Å². The van der Waals surface area contributed by atoms with Crippen molar-refractivity contribution in [3.63, 3.8) is 0 Å². The van der Waals surface area contributed by atoms with Crippen LogP contribution in [-0.4, -0.2) is 47.7 Å². The van der Waals surface area contributed by atoms with Crippen molar-refractivity contribution in [2.75, 3.05) is 19.7 Å². The highest BCUT2D eigenvalue weighted by molar-refractivity contribution is 4.77. The van der Waals surface area contributed by atoms with Gasteiger partial charge in [0.2, 0.25) is 0 Å². The average molecular weight is 301 g/mol. The number of hydrogen-bond acceptors (Lipinski definition) is 4. The summed E-state index contributed by atoms with van der Waals surface area (Å²) >= 11 is 0. The second kappa shape index (κ2) is 9.78. The predicted octanol–water partition coefficient (Wildman–Crippen LogP) is 2.47. The normalized spacial score (nSPS) is 27.3. The van der Waals surface area contributed by atoms with Crippen molar-refractivity contribution in [1.29, 1.82) is 0 Å². The lowest BCUT2D eigenvalue weighted by Gasteiger charge is -2.31. The van der Waals surface area contributed by atoms with Gasteiger partial charge in [-0.3, -0.25) is 0 Å². The molecule has 0 heterocycles. The van der Waals surface area contributed by atoms with E-state index in [0.29, 0.717) is 31.7 Å². The zero-order chi connectivity index (χ0) is 15.7. The van der Waals surface area contributed by atoms with Gasteiger partial charge >= 0.3 is 0 Å². The molecule has 0 amide bonds. The Morgan fingerprint density at radius 3 is 2.67 bits per heavy atom. The molecule has 0 aromatic rings. The molecular formula is C17H35NO3. The van der Waals surface area contributed by atoms with E-state index in [-0.39, 0.29) is 0 Å². The van der Waals surface area contributed by atoms with E-state index in [2.05, 4.69) is 19.2 Å². The van der Waals surface area contributed by atoms with Gasteiger partial charge in [-0.05, 0) is 32.1 Å². The molecule has 4 nitrogen and oxygen atoms in total. The molecule has 0 aromatic carbocycles. The Bertz CT molecular complexity index is 271. The number of ether oxygens (including phenoxy) is 1. The van der Waals surface area contributed by atoms with Crippen LogP contribution in [0.2, 0.25) is 0 Å². The van der Waals surface area contributed by atoms with Crippen LogP contribution in [0.15, 0.2) is 0 Å². The predicted molar refractivity (Wildman–Crippen MR) is 86.4 cm³/mol. The van der Waals surface area contributed by atoms with E-state index >= 15 is 0 Å². The quantitative estimate of drug-likeness (QED) is 0.580. The molecule has 0 bridgehead atoms. The van der Waals surface area contributed by atoms with Crippen LogP contribution in [0.4, 0.5) is 0 Å². The molecule has 0 spiro atoms. The smallest absolute Gasteiger partial charge is 0.0897 e. The lowest BCUT2D eigenvalue weighted by molar-refractivity contribution is -0.0510. The van der Waals surface area contributed by atoms with Crippen LogP contribution in [0.1, 0.15) is 65.7 Å². The van der Waals surface area contributed by atoms with Crippen molar-refractivity contribution in [2.45, 2.75) is 83.5 Å². The van der Waals surface area contributed by atoms with Crippen molar-refractivity contribution in [2.24, 2.45) is 5.92 Å². The van der Waals surface area contributed by atoms with Crippen LogP contribution in [0, 0.1) is 5.92 Å². The van der Waals surface area contributed by atoms with Gasteiger partial charge in [-0.2, -0.15) is 0 Å². The zero-order valence-corrected chi connectivity index (χ0v) is 14.1. The minimum Gasteiger partial charge on any atom is -0.389 e. The van der Waals surface area contributed by atoms with Gasteiger partial charge in [0.25, 0.3) is 0 Å². The van der Waals surface area contributed by atoms with Gasteiger partial charge in [0.05, 0.1) is 24.4 Å². The molecule has 0 aromatic heterocycles. The van der Waals surface area contributed by atoms with Crippen LogP contribution in [0.5, 0.6) is 0 Å². The SMILES string of the molecule is CCCC(C)(O)CNCC(O)COC1CCCCC1CC. The summed E-state index contributed by atoms with van der Waals surface area (Å²) in [6.45, 7) is 7.50. The summed E-state index contributed by atoms with van der Waals surface area (Å²) in [4.78, 5) is 0. The Morgan fingerprint density at radius 1 is 1.29 bits per heavy atom. The number of nitrogens with one attached hydrogen (secondary N) is 1. The molecule has 21 heavy (non-hydrogen) atoms. The van der Waals surface area contributed by atoms with Crippen molar-refractivity contribution in [1.82, 2.24) is 5.32 Å². The summed E-state index contributed by atoms with van der Waals surface area (Å²) in [6.07, 6.45) is 7.67. The van der Waals surface area contributed by atoms with Gasteiger partial charge < -0.3 is 20.3 Å². The Balaban J connectivity index is 2.17. The van der Waals surface area contributed by atoms with E-state index in [0.717, 1.165) is 19.3 Å². The van der Waals surface area contributed by atoms with Gasteiger partial charge in [0, 0.05) is 13.1 Å².